The van der Waals surface area contributed by atoms with Crippen molar-refractivity contribution in [2.45, 2.75) is 51.6 Å². The molecule has 0 spiro atoms. The van der Waals surface area contributed by atoms with E-state index in [1.165, 1.54) is 55.1 Å². The molecule has 4 nitrogen and oxygen atoms in total. The Kier molecular flexibility index (Phi) is 5.03. The van der Waals surface area contributed by atoms with Crippen molar-refractivity contribution >= 4 is 11.5 Å². The molecule has 0 radical (unpaired) electrons. The molecule has 1 aromatic carbocycles. The van der Waals surface area contributed by atoms with Crippen LogP contribution in [0.5, 0.6) is 5.75 Å². The first-order valence-electron chi connectivity index (χ1n) is 9.93. The van der Waals surface area contributed by atoms with E-state index in [1.54, 1.807) is 0 Å². The summed E-state index contributed by atoms with van der Waals surface area (Å²) in [6.45, 7) is 4.86. The van der Waals surface area contributed by atoms with Crippen LogP contribution in [0.25, 0.3) is 5.57 Å². The van der Waals surface area contributed by atoms with Crippen LogP contribution < -0.4 is 4.74 Å². The first-order chi connectivity index (χ1) is 12.6. The summed E-state index contributed by atoms with van der Waals surface area (Å²) in [5.74, 6) is 1.03. The summed E-state index contributed by atoms with van der Waals surface area (Å²) in [4.78, 5) is 13.9. The van der Waals surface area contributed by atoms with Crippen molar-refractivity contribution in [3.05, 3.63) is 34.9 Å². The lowest BCUT2D eigenvalue weighted by Gasteiger charge is -2.39. The van der Waals surface area contributed by atoms with E-state index in [0.29, 0.717) is 6.10 Å². The molecule has 1 saturated carbocycles. The number of fused-ring (bicyclic) bond motifs is 1. The van der Waals surface area contributed by atoms with Crippen molar-refractivity contribution in [1.29, 1.82) is 0 Å². The van der Waals surface area contributed by atoms with E-state index in [9.17, 15) is 4.79 Å². The first-order valence-corrected chi connectivity index (χ1v) is 9.93. The standard InChI is InChI=1S/C22H29NO3/c1-15-17(12-23-13-18(14-23)22(24)25-2)8-7-16-11-20(9-10-21(15)16)26-19-5-3-4-6-19/h9-11,18-19H,3-8,12-14H2,1-2H3. The van der Waals surface area contributed by atoms with Gasteiger partial charge in [-0.25, -0.2) is 0 Å². The van der Waals surface area contributed by atoms with Crippen molar-refractivity contribution in [2.75, 3.05) is 26.7 Å². The van der Waals surface area contributed by atoms with Gasteiger partial charge in [-0.1, -0.05) is 11.6 Å². The average molecular weight is 355 g/mol. The van der Waals surface area contributed by atoms with E-state index in [0.717, 1.165) is 38.2 Å². The zero-order valence-electron chi connectivity index (χ0n) is 15.9. The van der Waals surface area contributed by atoms with E-state index in [-0.39, 0.29) is 11.9 Å². The Balaban J connectivity index is 1.41. The van der Waals surface area contributed by atoms with Crippen LogP contribution >= 0.6 is 0 Å². The number of aryl methyl sites for hydroxylation is 1. The van der Waals surface area contributed by atoms with Crippen molar-refractivity contribution in [1.82, 2.24) is 4.90 Å². The number of hydrogen-bond acceptors (Lipinski definition) is 4. The normalized spacial score (nSPS) is 21.5. The third kappa shape index (κ3) is 3.52. The number of allylic oxidation sites excluding steroid dienone is 1. The summed E-state index contributed by atoms with van der Waals surface area (Å²) in [6, 6.07) is 6.63. The first kappa shape index (κ1) is 17.6. The molecule has 4 heteroatoms. The summed E-state index contributed by atoms with van der Waals surface area (Å²) in [5.41, 5.74) is 5.69. The maximum absolute atomic E-state index is 11.5. The molecule has 0 amide bonds. The van der Waals surface area contributed by atoms with E-state index in [1.807, 2.05) is 0 Å². The largest absolute Gasteiger partial charge is 0.490 e. The second kappa shape index (κ2) is 7.43. The van der Waals surface area contributed by atoms with E-state index < -0.39 is 0 Å². The zero-order chi connectivity index (χ0) is 18.1. The Hall–Kier alpha value is -1.81. The Labute approximate surface area is 156 Å². The maximum atomic E-state index is 11.5. The molecule has 0 atom stereocenters. The molecule has 1 aromatic rings. The van der Waals surface area contributed by atoms with Crippen molar-refractivity contribution in [2.24, 2.45) is 5.92 Å². The summed E-state index contributed by atoms with van der Waals surface area (Å²) in [7, 11) is 1.47. The number of methoxy groups -OCH3 is 1. The number of carbonyl (C=O) groups is 1. The molecule has 140 valence electrons. The fraction of sp³-hybridized carbons (Fsp3) is 0.591. The minimum atomic E-state index is -0.0734. The topological polar surface area (TPSA) is 38.8 Å². The summed E-state index contributed by atoms with van der Waals surface area (Å²) in [6.07, 6.45) is 7.59. The molecule has 3 aliphatic rings. The molecule has 2 fully saturated rings. The SMILES string of the molecule is COC(=O)C1CN(CC2=C(C)c3ccc(OC4CCCC4)cc3CC2)C1. The molecule has 1 heterocycles. The molecule has 0 aromatic heterocycles. The lowest BCUT2D eigenvalue weighted by Crippen LogP contribution is -2.51. The van der Waals surface area contributed by atoms with Gasteiger partial charge in [0, 0.05) is 19.6 Å². The van der Waals surface area contributed by atoms with E-state index >= 15 is 0 Å². The Morgan fingerprint density at radius 3 is 2.69 bits per heavy atom. The van der Waals surface area contributed by atoms with Crippen molar-refractivity contribution in [3.63, 3.8) is 0 Å². The van der Waals surface area contributed by atoms with Crippen molar-refractivity contribution < 1.29 is 14.3 Å². The van der Waals surface area contributed by atoms with Crippen LogP contribution in [0.15, 0.2) is 23.8 Å². The molecule has 1 saturated heterocycles. The third-order valence-electron chi connectivity index (χ3n) is 6.22. The predicted molar refractivity (Wildman–Crippen MR) is 102 cm³/mol. The Bertz CT molecular complexity index is 712. The molecule has 0 N–H and O–H groups in total. The van der Waals surface area contributed by atoms with Crippen molar-refractivity contribution in [3.8, 4) is 5.75 Å². The van der Waals surface area contributed by atoms with Gasteiger partial charge in [-0.05, 0) is 74.3 Å². The van der Waals surface area contributed by atoms with Gasteiger partial charge in [-0.2, -0.15) is 0 Å². The van der Waals surface area contributed by atoms with Gasteiger partial charge in [0.15, 0.2) is 0 Å². The fourth-order valence-corrected chi connectivity index (χ4v) is 4.56. The van der Waals surface area contributed by atoms with E-state index in [4.69, 9.17) is 9.47 Å². The zero-order valence-corrected chi connectivity index (χ0v) is 15.9. The summed E-state index contributed by atoms with van der Waals surface area (Å²) < 4.78 is 11.0. The van der Waals surface area contributed by atoms with Gasteiger partial charge in [0.05, 0.1) is 19.1 Å². The van der Waals surface area contributed by atoms with Crippen LogP contribution in [0.3, 0.4) is 0 Å². The number of carbonyl (C=O) groups excluding carboxylic acids is 1. The fourth-order valence-electron chi connectivity index (χ4n) is 4.56. The number of likely N-dealkylation sites (tertiary alicyclic amines) is 1. The second-order valence-electron chi connectivity index (χ2n) is 7.99. The van der Waals surface area contributed by atoms with Gasteiger partial charge >= 0.3 is 5.97 Å². The molecule has 0 bridgehead atoms. The Morgan fingerprint density at radius 1 is 1.19 bits per heavy atom. The van der Waals surface area contributed by atoms with Crippen LogP contribution in [-0.4, -0.2) is 43.7 Å². The minimum absolute atomic E-state index is 0.0621. The highest BCUT2D eigenvalue weighted by molar-refractivity contribution is 5.74. The lowest BCUT2D eigenvalue weighted by atomic mass is 9.85. The maximum Gasteiger partial charge on any atom is 0.311 e. The number of hydrogen-bond donors (Lipinski definition) is 0. The molecule has 1 aliphatic heterocycles. The molecule has 26 heavy (non-hydrogen) atoms. The number of esters is 1. The van der Waals surface area contributed by atoms with Crippen LogP contribution in [0.4, 0.5) is 0 Å². The molecule has 4 rings (SSSR count). The molecular weight excluding hydrogens is 326 g/mol. The number of ether oxygens (including phenoxy) is 2. The van der Waals surface area contributed by atoms with Gasteiger partial charge in [-0.3, -0.25) is 9.69 Å². The highest BCUT2D eigenvalue weighted by atomic mass is 16.5. The van der Waals surface area contributed by atoms with Crippen LogP contribution in [0.1, 0.15) is 50.2 Å². The highest BCUT2D eigenvalue weighted by Crippen LogP contribution is 2.35. The van der Waals surface area contributed by atoms with Crippen LogP contribution in [0.2, 0.25) is 0 Å². The lowest BCUT2D eigenvalue weighted by molar-refractivity contribution is -0.151. The average Bonchev–Trinajstić information content (AvgIpc) is 3.12. The molecule has 2 aliphatic carbocycles. The smallest absolute Gasteiger partial charge is 0.311 e. The van der Waals surface area contributed by atoms with Crippen LogP contribution in [-0.2, 0) is 16.0 Å². The summed E-state index contributed by atoms with van der Waals surface area (Å²) in [5, 5.41) is 0. The number of rotatable bonds is 5. The Morgan fingerprint density at radius 2 is 1.96 bits per heavy atom. The second-order valence-corrected chi connectivity index (χ2v) is 7.99. The van der Waals surface area contributed by atoms with Gasteiger partial charge < -0.3 is 9.47 Å². The molecule has 0 unspecified atom stereocenters. The highest BCUT2D eigenvalue weighted by Gasteiger charge is 2.34. The third-order valence-corrected chi connectivity index (χ3v) is 6.22. The van der Waals surface area contributed by atoms with Gasteiger partial charge in [0.2, 0.25) is 0 Å². The summed E-state index contributed by atoms with van der Waals surface area (Å²) >= 11 is 0. The monoisotopic (exact) mass is 355 g/mol. The van der Waals surface area contributed by atoms with Gasteiger partial charge in [0.1, 0.15) is 5.75 Å². The van der Waals surface area contributed by atoms with Crippen LogP contribution in [0, 0.1) is 5.92 Å². The predicted octanol–water partition coefficient (Wildman–Crippen LogP) is 3.83. The number of benzene rings is 1. The number of nitrogens with zero attached hydrogens (tertiary/aromatic N) is 1. The minimum Gasteiger partial charge on any atom is -0.490 e. The van der Waals surface area contributed by atoms with Gasteiger partial charge in [-0.15, -0.1) is 0 Å². The van der Waals surface area contributed by atoms with E-state index in [2.05, 4.69) is 30.0 Å². The molecular formula is C22H29NO3. The van der Waals surface area contributed by atoms with Gasteiger partial charge in [0.25, 0.3) is 0 Å². The quantitative estimate of drug-likeness (QED) is 0.753.